The summed E-state index contributed by atoms with van der Waals surface area (Å²) in [6.45, 7) is 2.31. The lowest BCUT2D eigenvalue weighted by atomic mass is 9.96. The van der Waals surface area contributed by atoms with E-state index in [1.54, 1.807) is 0 Å². The molecule has 2 heterocycles. The Morgan fingerprint density at radius 3 is 1.31 bits per heavy atom. The molecule has 310 valence electrons. The fourth-order valence-electron chi connectivity index (χ4n) is 10.1. The molecule has 9 aromatic carbocycles. The van der Waals surface area contributed by atoms with Gasteiger partial charge in [-0.2, -0.15) is 0 Å². The average molecular weight is 835 g/mol. The number of fused-ring (bicyclic) bond motifs is 6. The van der Waals surface area contributed by atoms with Crippen molar-refractivity contribution in [3.05, 3.63) is 249 Å². The lowest BCUT2D eigenvalue weighted by Crippen LogP contribution is -2.15. The minimum Gasteiger partial charge on any atom is -0.333 e. The minimum absolute atomic E-state index is 0.255. The number of aromatic nitrogens is 2. The largest absolute Gasteiger partial charge is 0.333 e. The van der Waals surface area contributed by atoms with Gasteiger partial charge < -0.3 is 18.9 Å². The van der Waals surface area contributed by atoms with E-state index >= 15 is 0 Å². The molecule has 2 unspecified atom stereocenters. The van der Waals surface area contributed by atoms with Crippen molar-refractivity contribution < 1.29 is 0 Å². The molecule has 0 fully saturated rings. The SMILES string of the molecule is CC1C=CC=CC1n1c2ccccc2c2cc(N(c3ccccc3)c3ccc(-c4ccc(N(c5ccccc5)c5ccc6c(c5)c5ccccc5n6-c5ccccc5)cc4)cc3)ccc21. The summed E-state index contributed by atoms with van der Waals surface area (Å²) in [5, 5.41) is 4.99. The van der Waals surface area contributed by atoms with Crippen LogP contribution in [0, 0.1) is 5.92 Å². The third-order valence-corrected chi connectivity index (χ3v) is 13.2. The molecule has 0 saturated heterocycles. The zero-order valence-electron chi connectivity index (χ0n) is 36.1. The maximum atomic E-state index is 2.52. The second-order valence-corrected chi connectivity index (χ2v) is 17.0. The highest BCUT2D eigenvalue weighted by molar-refractivity contribution is 6.11. The summed E-state index contributed by atoms with van der Waals surface area (Å²) in [7, 11) is 0. The molecular formula is C61H46N4. The second kappa shape index (κ2) is 16.1. The highest BCUT2D eigenvalue weighted by Crippen LogP contribution is 2.43. The zero-order valence-corrected chi connectivity index (χ0v) is 36.1. The van der Waals surface area contributed by atoms with Crippen LogP contribution in [-0.2, 0) is 0 Å². The Kier molecular flexibility index (Phi) is 9.49. The number of hydrogen-bond acceptors (Lipinski definition) is 2. The van der Waals surface area contributed by atoms with Gasteiger partial charge in [-0.05, 0) is 126 Å². The summed E-state index contributed by atoms with van der Waals surface area (Å²) in [6, 6.07) is 81.7. The molecule has 4 heteroatoms. The Balaban J connectivity index is 0.897. The van der Waals surface area contributed by atoms with E-state index in [0.29, 0.717) is 5.92 Å². The summed E-state index contributed by atoms with van der Waals surface area (Å²) in [4.78, 5) is 4.73. The van der Waals surface area contributed by atoms with Crippen LogP contribution >= 0.6 is 0 Å². The summed E-state index contributed by atoms with van der Waals surface area (Å²) in [6.07, 6.45) is 8.99. The van der Waals surface area contributed by atoms with Crippen LogP contribution in [0.25, 0.3) is 60.4 Å². The fourth-order valence-corrected chi connectivity index (χ4v) is 10.1. The van der Waals surface area contributed by atoms with Crippen LogP contribution in [0.3, 0.4) is 0 Å². The Morgan fingerprint density at radius 2 is 0.738 bits per heavy atom. The van der Waals surface area contributed by atoms with Gasteiger partial charge in [-0.1, -0.05) is 146 Å². The summed E-state index contributed by atoms with van der Waals surface area (Å²) in [5.74, 6) is 0.396. The van der Waals surface area contributed by atoms with Crippen molar-refractivity contribution in [3.63, 3.8) is 0 Å². The molecular weight excluding hydrogens is 789 g/mol. The van der Waals surface area contributed by atoms with E-state index < -0.39 is 0 Å². The van der Waals surface area contributed by atoms with Crippen molar-refractivity contribution in [3.8, 4) is 16.8 Å². The molecule has 2 atom stereocenters. The molecule has 0 bridgehead atoms. The van der Waals surface area contributed by atoms with Gasteiger partial charge in [0.15, 0.2) is 0 Å². The van der Waals surface area contributed by atoms with Crippen molar-refractivity contribution in [2.75, 3.05) is 9.80 Å². The highest BCUT2D eigenvalue weighted by Gasteiger charge is 2.23. The third kappa shape index (κ3) is 6.70. The van der Waals surface area contributed by atoms with Crippen molar-refractivity contribution in [1.82, 2.24) is 9.13 Å². The van der Waals surface area contributed by atoms with E-state index in [1.807, 2.05) is 0 Å². The van der Waals surface area contributed by atoms with Crippen molar-refractivity contribution in [1.29, 1.82) is 0 Å². The van der Waals surface area contributed by atoms with E-state index in [4.69, 9.17) is 0 Å². The number of nitrogens with zero attached hydrogens (tertiary/aromatic N) is 4. The van der Waals surface area contributed by atoms with Gasteiger partial charge in [0, 0.05) is 72.4 Å². The zero-order chi connectivity index (χ0) is 43.3. The van der Waals surface area contributed by atoms with Gasteiger partial charge in [-0.3, -0.25) is 0 Å². The maximum Gasteiger partial charge on any atom is 0.0585 e. The standard InChI is InChI=1S/C61H46N4/c1-43-17-11-14-26-57(43)65-59-28-16-13-25-54(59)56-42-52(38-40-61(56)65)63(47-20-7-3-8-21-47)50-35-31-45(32-36-50)44-29-33-49(34-30-44)62(46-18-5-2-6-19-46)51-37-39-60-55(41-51)53-24-12-15-27-58(53)64(60)48-22-9-4-10-23-48/h2-43,57H,1H3. The molecule has 11 aromatic rings. The quantitative estimate of drug-likeness (QED) is 0.144. The molecule has 1 aliphatic rings. The van der Waals surface area contributed by atoms with E-state index in [9.17, 15) is 0 Å². The molecule has 0 radical (unpaired) electrons. The number of allylic oxidation sites excluding steroid dienone is 4. The first-order chi connectivity index (χ1) is 32.2. The predicted octanol–water partition coefficient (Wildman–Crippen LogP) is 16.8. The van der Waals surface area contributed by atoms with E-state index in [0.717, 1.165) is 50.9 Å². The molecule has 2 aromatic heterocycles. The van der Waals surface area contributed by atoms with Crippen LogP contribution in [-0.4, -0.2) is 9.13 Å². The van der Waals surface area contributed by atoms with Crippen LogP contribution < -0.4 is 9.80 Å². The predicted molar refractivity (Wildman–Crippen MR) is 275 cm³/mol. The van der Waals surface area contributed by atoms with Gasteiger partial charge in [0.1, 0.15) is 0 Å². The van der Waals surface area contributed by atoms with E-state index in [-0.39, 0.29) is 6.04 Å². The summed E-state index contributed by atoms with van der Waals surface area (Å²) >= 11 is 0. The van der Waals surface area contributed by atoms with Gasteiger partial charge in [0.25, 0.3) is 0 Å². The van der Waals surface area contributed by atoms with E-state index in [1.165, 1.54) is 43.6 Å². The van der Waals surface area contributed by atoms with Gasteiger partial charge in [0.05, 0.1) is 17.1 Å². The van der Waals surface area contributed by atoms with Crippen LogP contribution in [0.15, 0.2) is 249 Å². The second-order valence-electron chi connectivity index (χ2n) is 17.0. The summed E-state index contributed by atoms with van der Waals surface area (Å²) < 4.78 is 4.89. The third-order valence-electron chi connectivity index (χ3n) is 13.2. The van der Waals surface area contributed by atoms with Gasteiger partial charge in [-0.25, -0.2) is 0 Å². The molecule has 4 nitrogen and oxygen atoms in total. The number of anilines is 6. The number of benzene rings is 9. The fraction of sp³-hybridized carbons (Fsp3) is 0.0492. The highest BCUT2D eigenvalue weighted by atomic mass is 15.1. The molecule has 0 amide bonds. The Hall–Kier alpha value is -8.34. The van der Waals surface area contributed by atoms with Gasteiger partial charge in [-0.15, -0.1) is 0 Å². The topological polar surface area (TPSA) is 16.3 Å². The first kappa shape index (κ1) is 38.3. The van der Waals surface area contributed by atoms with Crippen molar-refractivity contribution in [2.45, 2.75) is 13.0 Å². The first-order valence-electron chi connectivity index (χ1n) is 22.6. The van der Waals surface area contributed by atoms with Gasteiger partial charge >= 0.3 is 0 Å². The van der Waals surface area contributed by atoms with Crippen LogP contribution in [0.4, 0.5) is 34.1 Å². The monoisotopic (exact) mass is 834 g/mol. The maximum absolute atomic E-state index is 2.52. The molecule has 1 aliphatic carbocycles. The molecule has 0 spiro atoms. The Morgan fingerprint density at radius 1 is 0.338 bits per heavy atom. The van der Waals surface area contributed by atoms with Crippen LogP contribution in [0.5, 0.6) is 0 Å². The van der Waals surface area contributed by atoms with Crippen molar-refractivity contribution in [2.24, 2.45) is 5.92 Å². The van der Waals surface area contributed by atoms with Crippen LogP contribution in [0.2, 0.25) is 0 Å². The molecule has 0 aliphatic heterocycles. The molecule has 65 heavy (non-hydrogen) atoms. The lowest BCUT2D eigenvalue weighted by Gasteiger charge is -2.27. The smallest absolute Gasteiger partial charge is 0.0585 e. The lowest BCUT2D eigenvalue weighted by molar-refractivity contribution is 0.510. The summed E-state index contributed by atoms with van der Waals surface area (Å²) in [5.41, 5.74) is 15.0. The number of para-hydroxylation sites is 5. The molecule has 12 rings (SSSR count). The first-order valence-corrected chi connectivity index (χ1v) is 22.6. The van der Waals surface area contributed by atoms with Crippen molar-refractivity contribution >= 4 is 77.7 Å². The average Bonchev–Trinajstić information content (AvgIpc) is 3.88. The molecule has 0 N–H and O–H groups in total. The number of rotatable bonds is 9. The normalized spacial score (nSPS) is 14.7. The van der Waals surface area contributed by atoms with E-state index in [2.05, 4.69) is 275 Å². The van der Waals surface area contributed by atoms with Crippen LogP contribution in [0.1, 0.15) is 13.0 Å². The number of hydrogen-bond donors (Lipinski definition) is 0. The minimum atomic E-state index is 0.255. The van der Waals surface area contributed by atoms with Gasteiger partial charge in [0.2, 0.25) is 0 Å². The molecule has 0 saturated carbocycles. The Bertz CT molecular complexity index is 3550. The Labute approximate surface area is 379 Å².